The van der Waals surface area contributed by atoms with E-state index in [1.165, 1.54) is 81.8 Å². The normalized spacial score (nSPS) is 12.1. The van der Waals surface area contributed by atoms with Gasteiger partial charge in [0.05, 0.1) is 38.0 Å². The minimum atomic E-state index is 1.07. The minimum absolute atomic E-state index is 1.07. The smallest absolute Gasteiger partial charge is 0.0774 e. The summed E-state index contributed by atoms with van der Waals surface area (Å²) in [6, 6.07) is 68.1. The van der Waals surface area contributed by atoms with Gasteiger partial charge in [-0.3, -0.25) is 3.96 Å². The molecule has 3 aromatic heterocycles. The zero-order valence-corrected chi connectivity index (χ0v) is 31.5. The molecule has 0 unspecified atom stereocenters. The van der Waals surface area contributed by atoms with Crippen molar-refractivity contribution in [2.75, 3.05) is 7.05 Å². The van der Waals surface area contributed by atoms with Gasteiger partial charge in [-0.2, -0.15) is 0 Å². The zero-order valence-electron chi connectivity index (χ0n) is 30.7. The number of para-hydroxylation sites is 4. The Labute approximate surface area is 328 Å². The van der Waals surface area contributed by atoms with E-state index in [1.54, 1.807) is 11.5 Å². The molecule has 0 spiro atoms. The molecule has 4 nitrogen and oxygen atoms in total. The second-order valence-corrected chi connectivity index (χ2v) is 15.3. The van der Waals surface area contributed by atoms with Gasteiger partial charge in [0.2, 0.25) is 0 Å². The largest absolute Gasteiger partial charge is 0.386 e. The minimum Gasteiger partial charge on any atom is -0.386 e. The third kappa shape index (κ3) is 5.13. The maximum atomic E-state index is 3.45. The van der Waals surface area contributed by atoms with Crippen LogP contribution in [0, 0.1) is 0 Å². The molecule has 0 saturated carbocycles. The van der Waals surface area contributed by atoms with E-state index in [-0.39, 0.29) is 0 Å². The Balaban J connectivity index is 1.13. The molecular formula is C51H36N4S. The van der Waals surface area contributed by atoms with Crippen LogP contribution in [0.1, 0.15) is 5.56 Å². The monoisotopic (exact) mass is 736 g/mol. The first-order valence-corrected chi connectivity index (χ1v) is 19.8. The van der Waals surface area contributed by atoms with Crippen LogP contribution in [0.5, 0.6) is 0 Å². The van der Waals surface area contributed by atoms with Crippen LogP contribution in [-0.4, -0.2) is 20.1 Å². The maximum absolute atomic E-state index is 3.45. The number of hydrogen-bond donors (Lipinski definition) is 1. The molecule has 0 bridgehead atoms. The van der Waals surface area contributed by atoms with Crippen LogP contribution in [0.25, 0.3) is 99.4 Å². The quantitative estimate of drug-likeness (QED) is 0.173. The molecule has 0 atom stereocenters. The molecule has 3 heterocycles. The molecule has 0 amide bonds. The summed E-state index contributed by atoms with van der Waals surface area (Å²) in [5.41, 5.74) is 15.4. The van der Waals surface area contributed by atoms with E-state index in [0.29, 0.717) is 0 Å². The Morgan fingerprint density at radius 2 is 0.946 bits per heavy atom. The van der Waals surface area contributed by atoms with Crippen molar-refractivity contribution in [3.05, 3.63) is 194 Å². The Morgan fingerprint density at radius 3 is 1.54 bits per heavy atom. The number of rotatable bonds is 7. The highest BCUT2D eigenvalue weighted by atomic mass is 32.1. The molecule has 0 saturated heterocycles. The molecule has 0 aliphatic carbocycles. The molecule has 5 heteroatoms. The molecule has 266 valence electrons. The SMILES string of the molecule is CN/C(=C\n1sc2c(-c3ccc4c(c3)c3ccccc3n4-c3ccccc3)cc(-c3ccc4c(c3)c3ccccc3n4-c3ccccc3)cc21)c1ccccc1. The van der Waals surface area contributed by atoms with Crippen LogP contribution >= 0.6 is 11.5 Å². The van der Waals surface area contributed by atoms with Gasteiger partial charge in [0.15, 0.2) is 0 Å². The lowest BCUT2D eigenvalue weighted by Crippen LogP contribution is -2.07. The summed E-state index contributed by atoms with van der Waals surface area (Å²) in [5, 5.41) is 8.44. The van der Waals surface area contributed by atoms with Crippen molar-refractivity contribution in [2.24, 2.45) is 0 Å². The summed E-state index contributed by atoms with van der Waals surface area (Å²) >= 11 is 1.79. The zero-order chi connectivity index (χ0) is 37.2. The van der Waals surface area contributed by atoms with E-state index in [1.807, 2.05) is 7.05 Å². The van der Waals surface area contributed by atoms with Crippen LogP contribution in [0.4, 0.5) is 0 Å². The van der Waals surface area contributed by atoms with E-state index >= 15 is 0 Å². The fraction of sp³-hybridized carbons (Fsp3) is 0.0196. The first kappa shape index (κ1) is 32.4. The van der Waals surface area contributed by atoms with Crippen LogP contribution in [0.3, 0.4) is 0 Å². The predicted molar refractivity (Wildman–Crippen MR) is 239 cm³/mol. The van der Waals surface area contributed by atoms with Gasteiger partial charge in [-0.25, -0.2) is 0 Å². The molecule has 0 aliphatic heterocycles. The van der Waals surface area contributed by atoms with E-state index in [4.69, 9.17) is 0 Å². The number of hydrogen-bond acceptors (Lipinski definition) is 2. The summed E-state index contributed by atoms with van der Waals surface area (Å²) in [6.45, 7) is 0. The molecule has 11 rings (SSSR count). The molecule has 0 fully saturated rings. The lowest BCUT2D eigenvalue weighted by atomic mass is 9.96. The predicted octanol–water partition coefficient (Wildman–Crippen LogP) is 13.4. The van der Waals surface area contributed by atoms with E-state index in [9.17, 15) is 0 Å². The third-order valence-corrected chi connectivity index (χ3v) is 12.2. The summed E-state index contributed by atoms with van der Waals surface area (Å²) in [4.78, 5) is 0. The second-order valence-electron chi connectivity index (χ2n) is 14.3. The highest BCUT2D eigenvalue weighted by Crippen LogP contribution is 2.43. The second kappa shape index (κ2) is 13.0. The van der Waals surface area contributed by atoms with Crippen LogP contribution < -0.4 is 5.32 Å². The molecule has 0 aliphatic rings. The molecule has 0 radical (unpaired) electrons. The fourth-order valence-electron chi connectivity index (χ4n) is 8.48. The molecule has 8 aromatic carbocycles. The van der Waals surface area contributed by atoms with Gasteiger partial charge in [-0.15, -0.1) is 0 Å². The van der Waals surface area contributed by atoms with Crippen molar-refractivity contribution < 1.29 is 0 Å². The van der Waals surface area contributed by atoms with E-state index in [2.05, 4.69) is 213 Å². The van der Waals surface area contributed by atoms with Crippen molar-refractivity contribution in [3.8, 4) is 33.6 Å². The highest BCUT2D eigenvalue weighted by molar-refractivity contribution is 7.17. The van der Waals surface area contributed by atoms with Gasteiger partial charge in [0.25, 0.3) is 0 Å². The third-order valence-electron chi connectivity index (χ3n) is 11.1. The Hall–Kier alpha value is -7.08. The number of aromatic nitrogens is 3. The Kier molecular flexibility index (Phi) is 7.54. The van der Waals surface area contributed by atoms with Gasteiger partial charge in [-0.1, -0.05) is 127 Å². The van der Waals surface area contributed by atoms with Crippen molar-refractivity contribution in [1.82, 2.24) is 18.4 Å². The average molecular weight is 737 g/mol. The lowest BCUT2D eigenvalue weighted by Gasteiger charge is -2.19. The van der Waals surface area contributed by atoms with E-state index in [0.717, 1.165) is 16.9 Å². The molecule has 1 N–H and O–H groups in total. The van der Waals surface area contributed by atoms with Gasteiger partial charge in [-0.05, 0) is 95.1 Å². The average Bonchev–Trinajstić information content (AvgIpc) is 3.77. The van der Waals surface area contributed by atoms with E-state index < -0.39 is 0 Å². The number of nitrogens with one attached hydrogen (secondary N) is 1. The van der Waals surface area contributed by atoms with Crippen LogP contribution in [0.15, 0.2) is 188 Å². The maximum Gasteiger partial charge on any atom is 0.0774 e. The van der Waals surface area contributed by atoms with Gasteiger partial charge < -0.3 is 14.5 Å². The molecule has 56 heavy (non-hydrogen) atoms. The highest BCUT2D eigenvalue weighted by Gasteiger charge is 2.20. The van der Waals surface area contributed by atoms with Crippen molar-refractivity contribution in [3.63, 3.8) is 0 Å². The molecule has 11 aromatic rings. The number of fused-ring (bicyclic) bond motifs is 7. The van der Waals surface area contributed by atoms with Gasteiger partial charge >= 0.3 is 0 Å². The Bertz CT molecular complexity index is 3270. The van der Waals surface area contributed by atoms with Crippen LogP contribution in [-0.2, 0) is 0 Å². The number of nitrogens with zero attached hydrogens (tertiary/aromatic N) is 3. The van der Waals surface area contributed by atoms with Crippen LogP contribution in [0.2, 0.25) is 0 Å². The van der Waals surface area contributed by atoms with Crippen molar-refractivity contribution in [1.29, 1.82) is 0 Å². The fourth-order valence-corrected chi connectivity index (χ4v) is 9.47. The van der Waals surface area contributed by atoms with Gasteiger partial charge in [0, 0.05) is 51.7 Å². The summed E-state index contributed by atoms with van der Waals surface area (Å²) in [6.07, 6.45) is 2.23. The van der Waals surface area contributed by atoms with Crippen molar-refractivity contribution in [2.45, 2.75) is 0 Å². The summed E-state index contributed by atoms with van der Waals surface area (Å²) < 4.78 is 8.35. The lowest BCUT2D eigenvalue weighted by molar-refractivity contribution is 1.12. The first-order chi connectivity index (χ1) is 27.7. The molecular weight excluding hydrogens is 701 g/mol. The first-order valence-electron chi connectivity index (χ1n) is 19.0. The Morgan fingerprint density at radius 1 is 0.446 bits per heavy atom. The number of benzene rings is 8. The van der Waals surface area contributed by atoms with Crippen molar-refractivity contribution >= 4 is 77.3 Å². The summed E-state index contributed by atoms with van der Waals surface area (Å²) in [7, 11) is 1.99. The summed E-state index contributed by atoms with van der Waals surface area (Å²) in [5.74, 6) is 0. The standard InChI is InChI=1S/C51H36N4S/c1-52-45(34-15-5-2-6-16-34)33-53-50-32-37(35-25-27-48-43(29-35)40-21-11-13-23-46(40)54(48)38-17-7-3-8-18-38)31-42(51(50)56-53)36-26-28-49-44(30-36)41-22-12-14-24-47(41)55(49)39-19-9-4-10-20-39/h2-33,52H,1H3/b45-33-. The van der Waals surface area contributed by atoms with Gasteiger partial charge in [0.1, 0.15) is 0 Å². The topological polar surface area (TPSA) is 26.8 Å².